The molecule has 0 spiro atoms. The van der Waals surface area contributed by atoms with Gasteiger partial charge in [0.15, 0.2) is 5.82 Å². The van der Waals surface area contributed by atoms with Crippen LogP contribution in [0.2, 0.25) is 0 Å². The summed E-state index contributed by atoms with van der Waals surface area (Å²) in [4.78, 5) is 15.1. The van der Waals surface area contributed by atoms with E-state index in [2.05, 4.69) is 39.5 Å². The zero-order valence-electron chi connectivity index (χ0n) is 21.1. The Kier molecular flexibility index (Phi) is 6.84. The van der Waals surface area contributed by atoms with Crippen molar-refractivity contribution in [2.24, 2.45) is 5.92 Å². The van der Waals surface area contributed by atoms with Gasteiger partial charge < -0.3 is 15.0 Å². The summed E-state index contributed by atoms with van der Waals surface area (Å²) in [6.07, 6.45) is 2.62. The molecule has 0 saturated carbocycles. The van der Waals surface area contributed by atoms with Crippen LogP contribution < -0.4 is 15.0 Å². The Morgan fingerprint density at radius 1 is 1.08 bits per heavy atom. The Morgan fingerprint density at radius 2 is 1.86 bits per heavy atom. The van der Waals surface area contributed by atoms with Gasteiger partial charge in [0.2, 0.25) is 5.91 Å². The first kappa shape index (κ1) is 23.8. The molecule has 0 radical (unpaired) electrons. The number of benzene rings is 2. The van der Waals surface area contributed by atoms with Crippen molar-refractivity contribution in [2.75, 3.05) is 31.6 Å². The Morgan fingerprint density at radius 3 is 2.61 bits per heavy atom. The van der Waals surface area contributed by atoms with Crippen molar-refractivity contribution in [3.05, 3.63) is 71.5 Å². The van der Waals surface area contributed by atoms with Crippen LogP contribution in [0, 0.1) is 19.8 Å². The number of hydrogen-bond donors (Lipinski definition) is 1. The Labute approximate surface area is 211 Å². The highest BCUT2D eigenvalue weighted by molar-refractivity contribution is 5.92. The minimum absolute atomic E-state index is 0.0857. The molecule has 8 heteroatoms. The lowest BCUT2D eigenvalue weighted by atomic mass is 9.97. The number of carbonyl (C=O) groups excluding carboxylic acids is 1. The van der Waals surface area contributed by atoms with Crippen LogP contribution in [0.4, 0.5) is 5.82 Å². The largest absolute Gasteiger partial charge is 0.497 e. The van der Waals surface area contributed by atoms with E-state index in [-0.39, 0.29) is 11.8 Å². The Bertz CT molecular complexity index is 1350. The highest BCUT2D eigenvalue weighted by Crippen LogP contribution is 2.32. The first-order chi connectivity index (χ1) is 17.5. The third-order valence-electron chi connectivity index (χ3n) is 6.95. The van der Waals surface area contributed by atoms with Crippen LogP contribution in [0.5, 0.6) is 5.75 Å². The minimum Gasteiger partial charge on any atom is -0.497 e. The summed E-state index contributed by atoms with van der Waals surface area (Å²) in [6.45, 7) is 6.09. The summed E-state index contributed by atoms with van der Waals surface area (Å²) in [7, 11) is 1.66. The van der Waals surface area contributed by atoms with Crippen molar-refractivity contribution < 1.29 is 9.53 Å². The normalized spacial score (nSPS) is 15.8. The first-order valence-corrected chi connectivity index (χ1v) is 12.5. The lowest BCUT2D eigenvalue weighted by molar-refractivity contribution is -0.125. The zero-order chi connectivity index (χ0) is 25.1. The second-order valence-electron chi connectivity index (χ2n) is 9.34. The smallest absolute Gasteiger partial charge is 0.224 e. The quantitative estimate of drug-likeness (QED) is 0.427. The lowest BCUT2D eigenvalue weighted by Crippen LogP contribution is -2.44. The van der Waals surface area contributed by atoms with Crippen LogP contribution in [0.3, 0.4) is 0 Å². The van der Waals surface area contributed by atoms with Crippen molar-refractivity contribution in [3.63, 3.8) is 0 Å². The van der Waals surface area contributed by atoms with Gasteiger partial charge in [-0.05, 0) is 62.9 Å². The molecule has 1 aliphatic rings. The summed E-state index contributed by atoms with van der Waals surface area (Å²) in [5.74, 6) is 1.56. The predicted molar refractivity (Wildman–Crippen MR) is 141 cm³/mol. The second kappa shape index (κ2) is 10.4. The molecule has 0 bridgehead atoms. The molecule has 1 aliphatic heterocycles. The van der Waals surface area contributed by atoms with E-state index in [1.807, 2.05) is 54.1 Å². The van der Waals surface area contributed by atoms with E-state index < -0.39 is 0 Å². The predicted octanol–water partition coefficient (Wildman–Crippen LogP) is 4.02. The molecule has 2 aromatic heterocycles. The van der Waals surface area contributed by atoms with Crippen molar-refractivity contribution in [3.8, 4) is 11.4 Å². The summed E-state index contributed by atoms with van der Waals surface area (Å²) < 4.78 is 7.23. The highest BCUT2D eigenvalue weighted by atomic mass is 16.5. The van der Waals surface area contributed by atoms with Crippen LogP contribution in [-0.2, 0) is 11.2 Å². The number of rotatable bonds is 7. The van der Waals surface area contributed by atoms with Gasteiger partial charge in [0.25, 0.3) is 0 Å². The number of amides is 1. The monoisotopic (exact) mass is 484 g/mol. The highest BCUT2D eigenvalue weighted by Gasteiger charge is 2.29. The number of hydrogen-bond acceptors (Lipinski definition) is 6. The molecular weight excluding hydrogens is 452 g/mol. The maximum atomic E-state index is 13.0. The third-order valence-corrected chi connectivity index (χ3v) is 6.95. The van der Waals surface area contributed by atoms with E-state index in [1.165, 1.54) is 5.56 Å². The third kappa shape index (κ3) is 4.76. The van der Waals surface area contributed by atoms with Crippen LogP contribution in [-0.4, -0.2) is 52.6 Å². The molecule has 36 heavy (non-hydrogen) atoms. The average molecular weight is 485 g/mol. The number of nitrogens with one attached hydrogen (secondary N) is 1. The maximum absolute atomic E-state index is 13.0. The van der Waals surface area contributed by atoms with E-state index >= 15 is 0 Å². The number of nitrogens with zero attached hydrogens (tertiary/aromatic N) is 5. The fourth-order valence-electron chi connectivity index (χ4n) is 5.00. The zero-order valence-corrected chi connectivity index (χ0v) is 21.1. The molecule has 4 aromatic rings. The van der Waals surface area contributed by atoms with Gasteiger partial charge in [-0.15, -0.1) is 5.10 Å². The van der Waals surface area contributed by atoms with Gasteiger partial charge in [-0.25, -0.2) is 4.68 Å². The van der Waals surface area contributed by atoms with Gasteiger partial charge in [0.1, 0.15) is 11.3 Å². The number of carbonyl (C=O) groups is 1. The second-order valence-corrected chi connectivity index (χ2v) is 9.34. The molecule has 2 aromatic carbocycles. The lowest BCUT2D eigenvalue weighted by Gasteiger charge is -2.32. The summed E-state index contributed by atoms with van der Waals surface area (Å²) in [5.41, 5.74) is 4.85. The molecule has 8 nitrogen and oxygen atoms in total. The molecule has 5 rings (SSSR count). The summed E-state index contributed by atoms with van der Waals surface area (Å²) in [5, 5.41) is 18.1. The topological polar surface area (TPSA) is 85.2 Å². The molecular formula is C28H32N6O2. The van der Waals surface area contributed by atoms with Gasteiger partial charge in [-0.1, -0.05) is 30.3 Å². The molecule has 1 amide bonds. The summed E-state index contributed by atoms with van der Waals surface area (Å²) >= 11 is 0. The van der Waals surface area contributed by atoms with Crippen molar-refractivity contribution in [1.29, 1.82) is 0 Å². The van der Waals surface area contributed by atoms with E-state index in [1.54, 1.807) is 7.11 Å². The Hall–Kier alpha value is -3.94. The van der Waals surface area contributed by atoms with Crippen LogP contribution >= 0.6 is 0 Å². The fraction of sp³-hybridized carbons (Fsp3) is 0.357. The number of piperidine rings is 1. The molecule has 1 fully saturated rings. The molecule has 3 heterocycles. The average Bonchev–Trinajstić information content (AvgIpc) is 3.27. The molecule has 0 aliphatic carbocycles. The van der Waals surface area contributed by atoms with Crippen molar-refractivity contribution >= 4 is 22.6 Å². The number of ether oxygens (including phenoxy) is 1. The van der Waals surface area contributed by atoms with Crippen LogP contribution in [0.25, 0.3) is 16.6 Å². The molecule has 1 unspecified atom stereocenters. The van der Waals surface area contributed by atoms with Gasteiger partial charge in [-0.2, -0.15) is 10.2 Å². The number of methoxy groups -OCH3 is 1. The van der Waals surface area contributed by atoms with Gasteiger partial charge in [0.05, 0.1) is 35.5 Å². The standard InChI is InChI=1S/C28H32N6O2/c1-19-25-20(2)34(23-11-13-24(36-3)14-12-23)32-26(25)27(31-30-19)33-17-7-10-22(18-33)28(35)29-16-15-21-8-5-4-6-9-21/h4-6,8-9,11-14,22H,7,10,15-18H2,1-3H3,(H,29,35). The fourth-order valence-corrected chi connectivity index (χ4v) is 5.00. The number of aromatic nitrogens is 4. The van der Waals surface area contributed by atoms with E-state index in [4.69, 9.17) is 9.84 Å². The van der Waals surface area contributed by atoms with E-state index in [0.29, 0.717) is 13.1 Å². The van der Waals surface area contributed by atoms with Crippen molar-refractivity contribution in [2.45, 2.75) is 33.1 Å². The minimum atomic E-state index is -0.0857. The van der Waals surface area contributed by atoms with Crippen LogP contribution in [0.1, 0.15) is 29.8 Å². The SMILES string of the molecule is COc1ccc(-n2nc3c(N4CCCC(C(=O)NCCc5ccccc5)C4)nnc(C)c3c2C)cc1. The van der Waals surface area contributed by atoms with E-state index in [9.17, 15) is 4.79 Å². The summed E-state index contributed by atoms with van der Waals surface area (Å²) in [6, 6.07) is 18.1. The number of aryl methyl sites for hydroxylation is 2. The molecule has 1 saturated heterocycles. The molecule has 186 valence electrons. The number of fused-ring (bicyclic) bond motifs is 1. The first-order valence-electron chi connectivity index (χ1n) is 12.5. The molecule has 1 atom stereocenters. The van der Waals surface area contributed by atoms with E-state index in [0.717, 1.165) is 65.4 Å². The van der Waals surface area contributed by atoms with Crippen molar-refractivity contribution in [1.82, 2.24) is 25.3 Å². The van der Waals surface area contributed by atoms with Gasteiger partial charge in [0, 0.05) is 19.6 Å². The Balaban J connectivity index is 1.35. The number of anilines is 1. The maximum Gasteiger partial charge on any atom is 0.224 e. The molecule has 1 N–H and O–H groups in total. The van der Waals surface area contributed by atoms with Crippen LogP contribution in [0.15, 0.2) is 54.6 Å². The van der Waals surface area contributed by atoms with Gasteiger partial charge in [-0.3, -0.25) is 4.79 Å². The van der Waals surface area contributed by atoms with Gasteiger partial charge >= 0.3 is 0 Å².